The number of hydrogen-bond acceptors (Lipinski definition) is 4. The van der Waals surface area contributed by atoms with Crippen LogP contribution in [0.3, 0.4) is 0 Å². The smallest absolute Gasteiger partial charge is 0.123 e. The molecule has 1 aromatic heterocycles. The maximum atomic E-state index is 4.63. The molecule has 0 aliphatic heterocycles. The summed E-state index contributed by atoms with van der Waals surface area (Å²) in [4.78, 5) is 0. The summed E-state index contributed by atoms with van der Waals surface area (Å²) in [6.07, 6.45) is 9.77. The summed E-state index contributed by atoms with van der Waals surface area (Å²) in [5, 5.41) is 15.1. The number of likely N-dealkylation sites (N-methyl/N-ethyl adjacent to an activating group) is 1. The Bertz CT molecular complexity index is 447. The minimum Gasteiger partial charge on any atom is -0.317 e. The average molecular weight is 291 g/mol. The number of nitrogens with zero attached hydrogens (tertiary/aromatic N) is 2. The molecule has 4 aliphatic rings. The van der Waals surface area contributed by atoms with E-state index >= 15 is 0 Å². The van der Waals surface area contributed by atoms with E-state index in [0.29, 0.717) is 5.41 Å². The Hall–Kier alpha value is -0.480. The average Bonchev–Trinajstić information content (AvgIpc) is 2.87. The van der Waals surface area contributed by atoms with Crippen molar-refractivity contribution in [1.82, 2.24) is 15.5 Å². The summed E-state index contributed by atoms with van der Waals surface area (Å²) in [5.74, 6) is 2.99. The first kappa shape index (κ1) is 13.2. The zero-order chi connectivity index (χ0) is 13.6. The van der Waals surface area contributed by atoms with Crippen LogP contribution in [-0.2, 0) is 11.8 Å². The zero-order valence-electron chi connectivity index (χ0n) is 12.4. The highest BCUT2D eigenvalue weighted by molar-refractivity contribution is 7.11. The van der Waals surface area contributed by atoms with Crippen LogP contribution in [0.2, 0.25) is 0 Å². The molecule has 4 saturated carbocycles. The second kappa shape index (κ2) is 5.06. The minimum absolute atomic E-state index is 0.433. The van der Waals surface area contributed by atoms with Crippen molar-refractivity contribution in [3.63, 3.8) is 0 Å². The summed E-state index contributed by atoms with van der Waals surface area (Å²) in [7, 11) is 0. The first-order valence-electron chi connectivity index (χ1n) is 8.31. The van der Waals surface area contributed by atoms with Gasteiger partial charge in [0.1, 0.15) is 10.0 Å². The molecule has 1 heterocycles. The van der Waals surface area contributed by atoms with Gasteiger partial charge in [-0.3, -0.25) is 0 Å². The van der Waals surface area contributed by atoms with Crippen LogP contribution in [0.25, 0.3) is 0 Å². The highest BCUT2D eigenvalue weighted by atomic mass is 32.1. The molecule has 0 amide bonds. The Morgan fingerprint density at radius 1 is 1.10 bits per heavy atom. The van der Waals surface area contributed by atoms with Gasteiger partial charge in [0.15, 0.2) is 0 Å². The van der Waals surface area contributed by atoms with Gasteiger partial charge in [-0.05, 0) is 62.8 Å². The maximum absolute atomic E-state index is 4.63. The lowest BCUT2D eigenvalue weighted by atomic mass is 9.50. The lowest BCUT2D eigenvalue weighted by Gasteiger charge is -2.55. The molecule has 4 aliphatic carbocycles. The fraction of sp³-hybridized carbons (Fsp3) is 0.875. The van der Waals surface area contributed by atoms with Crippen molar-refractivity contribution in [2.75, 3.05) is 13.1 Å². The number of nitrogens with one attached hydrogen (secondary N) is 1. The summed E-state index contributed by atoms with van der Waals surface area (Å²) in [6, 6.07) is 0. The summed E-state index contributed by atoms with van der Waals surface area (Å²) >= 11 is 1.91. The van der Waals surface area contributed by atoms with Crippen molar-refractivity contribution in [3.05, 3.63) is 10.0 Å². The lowest BCUT2D eigenvalue weighted by Crippen LogP contribution is -2.48. The second-order valence-electron chi connectivity index (χ2n) is 7.30. The molecule has 20 heavy (non-hydrogen) atoms. The molecule has 0 unspecified atom stereocenters. The number of rotatable bonds is 5. The van der Waals surface area contributed by atoms with Crippen molar-refractivity contribution in [3.8, 4) is 0 Å². The molecule has 4 bridgehead atoms. The topological polar surface area (TPSA) is 37.8 Å². The fourth-order valence-corrected chi connectivity index (χ4v) is 6.37. The molecular weight excluding hydrogens is 266 g/mol. The third kappa shape index (κ3) is 2.21. The van der Waals surface area contributed by atoms with Gasteiger partial charge in [-0.15, -0.1) is 21.5 Å². The fourth-order valence-electron chi connectivity index (χ4n) is 5.31. The SMILES string of the molecule is CCNCCc1nnc(C23CC4CC(CC(C4)C2)C3)s1. The second-order valence-corrected chi connectivity index (χ2v) is 8.36. The number of hydrogen-bond donors (Lipinski definition) is 1. The van der Waals surface area contributed by atoms with Crippen molar-refractivity contribution >= 4 is 11.3 Å². The Balaban J connectivity index is 1.52. The molecule has 0 aromatic carbocycles. The van der Waals surface area contributed by atoms with Gasteiger partial charge in [-0.1, -0.05) is 6.92 Å². The third-order valence-corrected chi connectivity index (χ3v) is 6.95. The molecule has 5 rings (SSSR count). The van der Waals surface area contributed by atoms with Crippen LogP contribution in [-0.4, -0.2) is 23.3 Å². The van der Waals surface area contributed by atoms with Crippen LogP contribution in [0.1, 0.15) is 55.5 Å². The van der Waals surface area contributed by atoms with Gasteiger partial charge in [0.25, 0.3) is 0 Å². The molecule has 4 heteroatoms. The third-order valence-electron chi connectivity index (χ3n) is 5.72. The van der Waals surface area contributed by atoms with E-state index in [1.54, 1.807) is 0 Å². The normalized spacial score (nSPS) is 38.5. The highest BCUT2D eigenvalue weighted by Crippen LogP contribution is 2.60. The Morgan fingerprint density at radius 2 is 1.75 bits per heavy atom. The van der Waals surface area contributed by atoms with Crippen molar-refractivity contribution in [1.29, 1.82) is 0 Å². The van der Waals surface area contributed by atoms with E-state index in [-0.39, 0.29) is 0 Å². The molecular formula is C16H25N3S. The standard InChI is InChI=1S/C16H25N3S/c1-2-17-4-3-14-18-19-15(20-14)16-8-11-5-12(9-16)7-13(6-11)10-16/h11-13,17H,2-10H2,1H3. The lowest BCUT2D eigenvalue weighted by molar-refractivity contribution is -0.00555. The van der Waals surface area contributed by atoms with Gasteiger partial charge in [-0.2, -0.15) is 0 Å². The van der Waals surface area contributed by atoms with Gasteiger partial charge >= 0.3 is 0 Å². The maximum Gasteiger partial charge on any atom is 0.123 e. The Morgan fingerprint density at radius 3 is 2.35 bits per heavy atom. The number of aromatic nitrogens is 2. The molecule has 4 fully saturated rings. The van der Waals surface area contributed by atoms with Gasteiger partial charge < -0.3 is 5.32 Å². The molecule has 0 saturated heterocycles. The van der Waals surface area contributed by atoms with Crippen molar-refractivity contribution in [2.24, 2.45) is 17.8 Å². The molecule has 1 aromatic rings. The molecule has 110 valence electrons. The van der Waals surface area contributed by atoms with E-state index in [4.69, 9.17) is 0 Å². The quantitative estimate of drug-likeness (QED) is 0.847. The van der Waals surface area contributed by atoms with Crippen LogP contribution < -0.4 is 5.32 Å². The van der Waals surface area contributed by atoms with Crippen LogP contribution in [0.15, 0.2) is 0 Å². The van der Waals surface area contributed by atoms with E-state index < -0.39 is 0 Å². The van der Waals surface area contributed by atoms with Crippen molar-refractivity contribution < 1.29 is 0 Å². The predicted molar refractivity (Wildman–Crippen MR) is 82.0 cm³/mol. The van der Waals surface area contributed by atoms with Gasteiger partial charge in [0.2, 0.25) is 0 Å². The predicted octanol–water partition coefficient (Wildman–Crippen LogP) is 3.16. The molecule has 0 radical (unpaired) electrons. The Labute approximate surface area is 125 Å². The van der Waals surface area contributed by atoms with Gasteiger partial charge in [0.05, 0.1) is 0 Å². The highest BCUT2D eigenvalue weighted by Gasteiger charge is 2.53. The molecule has 0 atom stereocenters. The van der Waals surface area contributed by atoms with Gasteiger partial charge in [-0.25, -0.2) is 0 Å². The molecule has 1 N–H and O–H groups in total. The monoisotopic (exact) mass is 291 g/mol. The largest absolute Gasteiger partial charge is 0.317 e. The first-order chi connectivity index (χ1) is 9.77. The van der Waals surface area contributed by atoms with Gasteiger partial charge in [0, 0.05) is 18.4 Å². The van der Waals surface area contributed by atoms with Crippen LogP contribution in [0.5, 0.6) is 0 Å². The molecule has 0 spiro atoms. The van der Waals surface area contributed by atoms with Crippen LogP contribution >= 0.6 is 11.3 Å². The van der Waals surface area contributed by atoms with Crippen LogP contribution in [0, 0.1) is 17.8 Å². The van der Waals surface area contributed by atoms with E-state index in [1.165, 1.54) is 48.5 Å². The van der Waals surface area contributed by atoms with Crippen molar-refractivity contribution in [2.45, 2.75) is 57.3 Å². The minimum atomic E-state index is 0.433. The molecule has 3 nitrogen and oxygen atoms in total. The zero-order valence-corrected chi connectivity index (χ0v) is 13.2. The van der Waals surface area contributed by atoms with E-state index in [1.807, 2.05) is 11.3 Å². The summed E-state index contributed by atoms with van der Waals surface area (Å²) in [6.45, 7) is 4.23. The van der Waals surface area contributed by atoms with Crippen LogP contribution in [0.4, 0.5) is 0 Å². The summed E-state index contributed by atoms with van der Waals surface area (Å²) in [5.41, 5.74) is 0.433. The van der Waals surface area contributed by atoms with E-state index in [9.17, 15) is 0 Å². The summed E-state index contributed by atoms with van der Waals surface area (Å²) < 4.78 is 0. The first-order valence-corrected chi connectivity index (χ1v) is 9.12. The van der Waals surface area contributed by atoms with E-state index in [0.717, 1.165) is 37.3 Å². The van der Waals surface area contributed by atoms with E-state index in [2.05, 4.69) is 22.4 Å². The Kier molecular flexibility index (Phi) is 3.34.